The SMILES string of the molecule is Cc1nn(-c2ccccc2)c(C)c1CCC(=O)N1CCCC(c2nc3ccccc3n2C)C1. The molecule has 1 fully saturated rings. The van der Waals surface area contributed by atoms with E-state index in [1.54, 1.807) is 0 Å². The van der Waals surface area contributed by atoms with Crippen LogP contribution >= 0.6 is 0 Å². The minimum atomic E-state index is 0.227. The van der Waals surface area contributed by atoms with Crippen LogP contribution in [0.4, 0.5) is 0 Å². The first-order valence-electron chi connectivity index (χ1n) is 11.8. The number of amides is 1. The summed E-state index contributed by atoms with van der Waals surface area (Å²) in [7, 11) is 2.08. The van der Waals surface area contributed by atoms with Crippen molar-refractivity contribution in [1.82, 2.24) is 24.2 Å². The molecule has 0 N–H and O–H groups in total. The molecule has 0 spiro atoms. The predicted molar refractivity (Wildman–Crippen MR) is 131 cm³/mol. The van der Waals surface area contributed by atoms with Crippen LogP contribution in [0.2, 0.25) is 0 Å². The van der Waals surface area contributed by atoms with E-state index in [1.807, 2.05) is 40.8 Å². The molecule has 6 nitrogen and oxygen atoms in total. The summed E-state index contributed by atoms with van der Waals surface area (Å²) < 4.78 is 4.18. The van der Waals surface area contributed by atoms with Crippen molar-refractivity contribution < 1.29 is 4.79 Å². The highest BCUT2D eigenvalue weighted by Gasteiger charge is 2.28. The first-order valence-corrected chi connectivity index (χ1v) is 11.8. The molecule has 1 aliphatic heterocycles. The monoisotopic (exact) mass is 441 g/mol. The van der Waals surface area contributed by atoms with E-state index in [0.29, 0.717) is 6.42 Å². The maximum Gasteiger partial charge on any atom is 0.222 e. The van der Waals surface area contributed by atoms with Gasteiger partial charge in [-0.3, -0.25) is 4.79 Å². The van der Waals surface area contributed by atoms with Gasteiger partial charge < -0.3 is 9.47 Å². The van der Waals surface area contributed by atoms with Crippen molar-refractivity contribution in [2.45, 2.75) is 45.4 Å². The predicted octanol–water partition coefficient (Wildman–Crippen LogP) is 4.71. The lowest BCUT2D eigenvalue weighted by molar-refractivity contribution is -0.132. The van der Waals surface area contributed by atoms with Crippen LogP contribution in [0.25, 0.3) is 16.7 Å². The standard InChI is InChI=1S/C27H31N5O/c1-19-23(20(2)32(29-19)22-11-5-4-6-12-22)15-16-26(33)31-17-9-10-21(18-31)27-28-24-13-7-8-14-25(24)30(27)3/h4-8,11-14,21H,9-10,15-18H2,1-3H3. The highest BCUT2D eigenvalue weighted by molar-refractivity contribution is 5.77. The molecule has 2 aromatic carbocycles. The Balaban J connectivity index is 1.28. The number of nitrogens with zero attached hydrogens (tertiary/aromatic N) is 5. The highest BCUT2D eigenvalue weighted by atomic mass is 16.2. The highest BCUT2D eigenvalue weighted by Crippen LogP contribution is 2.29. The summed E-state index contributed by atoms with van der Waals surface area (Å²) in [6, 6.07) is 18.4. The van der Waals surface area contributed by atoms with Gasteiger partial charge in [0.2, 0.25) is 5.91 Å². The lowest BCUT2D eigenvalue weighted by Gasteiger charge is -2.32. The van der Waals surface area contributed by atoms with Crippen LogP contribution in [-0.2, 0) is 18.3 Å². The van der Waals surface area contributed by atoms with Gasteiger partial charge >= 0.3 is 0 Å². The fourth-order valence-corrected chi connectivity index (χ4v) is 5.19. The van der Waals surface area contributed by atoms with E-state index in [4.69, 9.17) is 10.1 Å². The van der Waals surface area contributed by atoms with Crippen LogP contribution < -0.4 is 0 Å². The van der Waals surface area contributed by atoms with E-state index in [-0.39, 0.29) is 11.8 Å². The van der Waals surface area contributed by atoms with Crippen LogP contribution in [0.15, 0.2) is 54.6 Å². The van der Waals surface area contributed by atoms with Gasteiger partial charge in [0.25, 0.3) is 0 Å². The Morgan fingerprint density at radius 1 is 1.06 bits per heavy atom. The van der Waals surface area contributed by atoms with E-state index in [2.05, 4.69) is 48.9 Å². The molecule has 1 saturated heterocycles. The van der Waals surface area contributed by atoms with Crippen LogP contribution in [0.5, 0.6) is 0 Å². The van der Waals surface area contributed by atoms with Crippen molar-refractivity contribution in [2.24, 2.45) is 7.05 Å². The Kier molecular flexibility index (Phi) is 5.75. The number of carbonyl (C=O) groups excluding carboxylic acids is 1. The molecular formula is C27H31N5O. The number of para-hydroxylation sites is 3. The molecule has 0 aliphatic carbocycles. The Hall–Kier alpha value is -3.41. The zero-order valence-corrected chi connectivity index (χ0v) is 19.7. The number of piperidine rings is 1. The Morgan fingerprint density at radius 3 is 2.61 bits per heavy atom. The van der Waals surface area contributed by atoms with E-state index in [1.165, 1.54) is 5.56 Å². The molecule has 2 aromatic heterocycles. The van der Waals surface area contributed by atoms with Crippen molar-refractivity contribution in [2.75, 3.05) is 13.1 Å². The number of imidazole rings is 1. The third-order valence-corrected chi connectivity index (χ3v) is 6.99. The molecule has 1 amide bonds. The molecule has 1 unspecified atom stereocenters. The van der Waals surface area contributed by atoms with Crippen LogP contribution in [-0.4, -0.2) is 43.2 Å². The minimum Gasteiger partial charge on any atom is -0.342 e. The summed E-state index contributed by atoms with van der Waals surface area (Å²) in [5, 5.41) is 4.73. The van der Waals surface area contributed by atoms with Crippen LogP contribution in [0, 0.1) is 13.8 Å². The molecule has 1 atom stereocenters. The number of hydrogen-bond acceptors (Lipinski definition) is 3. The average molecular weight is 442 g/mol. The van der Waals surface area contributed by atoms with Gasteiger partial charge in [0.05, 0.1) is 22.4 Å². The number of benzene rings is 2. The van der Waals surface area contributed by atoms with Gasteiger partial charge in [0, 0.05) is 38.2 Å². The number of carbonyl (C=O) groups is 1. The zero-order valence-electron chi connectivity index (χ0n) is 19.7. The smallest absolute Gasteiger partial charge is 0.222 e. The summed E-state index contributed by atoms with van der Waals surface area (Å²) in [6.45, 7) is 5.71. The van der Waals surface area contributed by atoms with Crippen LogP contribution in [0.1, 0.15) is 48.0 Å². The largest absolute Gasteiger partial charge is 0.342 e. The third kappa shape index (κ3) is 4.06. The van der Waals surface area contributed by atoms with E-state index in [9.17, 15) is 4.79 Å². The van der Waals surface area contributed by atoms with E-state index < -0.39 is 0 Å². The second-order valence-corrected chi connectivity index (χ2v) is 9.09. The molecular weight excluding hydrogens is 410 g/mol. The molecule has 1 aliphatic rings. The number of hydrogen-bond donors (Lipinski definition) is 0. The average Bonchev–Trinajstić information content (AvgIpc) is 3.34. The van der Waals surface area contributed by atoms with Crippen molar-refractivity contribution in [3.05, 3.63) is 77.4 Å². The Bertz CT molecular complexity index is 1290. The zero-order chi connectivity index (χ0) is 22.9. The molecule has 0 bridgehead atoms. The van der Waals surface area contributed by atoms with Gasteiger partial charge in [-0.1, -0.05) is 30.3 Å². The second kappa shape index (κ2) is 8.85. The minimum absolute atomic E-state index is 0.227. The molecule has 6 heteroatoms. The van der Waals surface area contributed by atoms with Gasteiger partial charge in [0.1, 0.15) is 5.82 Å². The molecule has 5 rings (SSSR count). The number of aromatic nitrogens is 4. The quantitative estimate of drug-likeness (QED) is 0.451. The van der Waals surface area contributed by atoms with Gasteiger partial charge in [-0.15, -0.1) is 0 Å². The first-order chi connectivity index (χ1) is 16.0. The van der Waals surface area contributed by atoms with Gasteiger partial charge in [-0.05, 0) is 62.9 Å². The van der Waals surface area contributed by atoms with Crippen molar-refractivity contribution in [3.63, 3.8) is 0 Å². The molecule has 0 radical (unpaired) electrons. The first kappa shape index (κ1) is 21.4. The summed E-state index contributed by atoms with van der Waals surface area (Å²) in [5.41, 5.74) is 6.52. The molecule has 0 saturated carbocycles. The summed E-state index contributed by atoms with van der Waals surface area (Å²) >= 11 is 0. The number of aryl methyl sites for hydroxylation is 2. The van der Waals surface area contributed by atoms with Gasteiger partial charge in [0.15, 0.2) is 0 Å². The lowest BCUT2D eigenvalue weighted by atomic mass is 9.96. The number of fused-ring (bicyclic) bond motifs is 1. The molecule has 3 heterocycles. The molecule has 170 valence electrons. The topological polar surface area (TPSA) is 56.0 Å². The molecule has 33 heavy (non-hydrogen) atoms. The van der Waals surface area contributed by atoms with Crippen LogP contribution in [0.3, 0.4) is 0 Å². The van der Waals surface area contributed by atoms with Crippen molar-refractivity contribution >= 4 is 16.9 Å². The third-order valence-electron chi connectivity index (χ3n) is 6.99. The number of rotatable bonds is 5. The number of likely N-dealkylation sites (tertiary alicyclic amines) is 1. The summed E-state index contributed by atoms with van der Waals surface area (Å²) in [5.74, 6) is 1.60. The fraction of sp³-hybridized carbons (Fsp3) is 0.370. The van der Waals surface area contributed by atoms with E-state index >= 15 is 0 Å². The summed E-state index contributed by atoms with van der Waals surface area (Å²) in [6.07, 6.45) is 3.32. The maximum atomic E-state index is 13.2. The second-order valence-electron chi connectivity index (χ2n) is 9.09. The van der Waals surface area contributed by atoms with Crippen molar-refractivity contribution in [3.8, 4) is 5.69 Å². The van der Waals surface area contributed by atoms with Crippen molar-refractivity contribution in [1.29, 1.82) is 0 Å². The van der Waals surface area contributed by atoms with Gasteiger partial charge in [-0.2, -0.15) is 5.10 Å². The Labute approximate surface area is 194 Å². The van der Waals surface area contributed by atoms with E-state index in [0.717, 1.165) is 66.3 Å². The fourth-order valence-electron chi connectivity index (χ4n) is 5.19. The summed E-state index contributed by atoms with van der Waals surface area (Å²) in [4.78, 5) is 20.1. The normalized spacial score (nSPS) is 16.5. The molecule has 4 aromatic rings. The lowest BCUT2D eigenvalue weighted by Crippen LogP contribution is -2.39. The maximum absolute atomic E-state index is 13.2. The Morgan fingerprint density at radius 2 is 1.82 bits per heavy atom. The van der Waals surface area contributed by atoms with Gasteiger partial charge in [-0.25, -0.2) is 9.67 Å².